The van der Waals surface area contributed by atoms with E-state index in [1.54, 1.807) is 17.8 Å². The van der Waals surface area contributed by atoms with Crippen molar-refractivity contribution < 1.29 is 4.79 Å². The van der Waals surface area contributed by atoms with Gasteiger partial charge in [0.25, 0.3) is 0 Å². The standard InChI is InChI=1S/C10H12BrNOS/c1-14-7-2-3-8(9(12)6-7)10(13)4-5-11/h2-3,6H,4-5,12H2,1H3. The van der Waals surface area contributed by atoms with E-state index in [-0.39, 0.29) is 5.78 Å². The van der Waals surface area contributed by atoms with Gasteiger partial charge in [-0.1, -0.05) is 15.9 Å². The minimum Gasteiger partial charge on any atom is -0.398 e. The van der Waals surface area contributed by atoms with Gasteiger partial charge in [0.2, 0.25) is 0 Å². The third kappa shape index (κ3) is 2.75. The zero-order valence-electron chi connectivity index (χ0n) is 7.92. The molecule has 0 aliphatic rings. The average molecular weight is 274 g/mol. The van der Waals surface area contributed by atoms with Crippen molar-refractivity contribution in [2.24, 2.45) is 0 Å². The Morgan fingerprint density at radius 2 is 2.29 bits per heavy atom. The third-order valence-corrected chi connectivity index (χ3v) is 3.00. The molecule has 0 aromatic heterocycles. The van der Waals surface area contributed by atoms with Gasteiger partial charge >= 0.3 is 0 Å². The molecule has 2 nitrogen and oxygen atoms in total. The van der Waals surface area contributed by atoms with Gasteiger partial charge < -0.3 is 5.73 Å². The number of rotatable bonds is 4. The number of benzene rings is 1. The molecule has 0 unspecified atom stereocenters. The molecule has 76 valence electrons. The Labute approximate surface area is 96.4 Å². The van der Waals surface area contributed by atoms with Crippen LogP contribution in [-0.4, -0.2) is 17.4 Å². The molecule has 14 heavy (non-hydrogen) atoms. The van der Waals surface area contributed by atoms with Crippen molar-refractivity contribution in [2.75, 3.05) is 17.3 Å². The van der Waals surface area contributed by atoms with Gasteiger partial charge in [-0.05, 0) is 24.5 Å². The number of halogens is 1. The number of alkyl halides is 1. The molecule has 0 spiro atoms. The molecular weight excluding hydrogens is 262 g/mol. The van der Waals surface area contributed by atoms with E-state index in [0.29, 0.717) is 23.0 Å². The Kier molecular flexibility index (Phi) is 4.48. The van der Waals surface area contributed by atoms with Crippen LogP contribution in [0.15, 0.2) is 23.1 Å². The maximum Gasteiger partial charge on any atom is 0.165 e. The first-order valence-electron chi connectivity index (χ1n) is 4.21. The van der Waals surface area contributed by atoms with Crippen molar-refractivity contribution >= 4 is 39.2 Å². The van der Waals surface area contributed by atoms with E-state index in [4.69, 9.17) is 5.73 Å². The number of anilines is 1. The fourth-order valence-electron chi connectivity index (χ4n) is 1.14. The van der Waals surface area contributed by atoms with Crippen LogP contribution in [0.5, 0.6) is 0 Å². The monoisotopic (exact) mass is 273 g/mol. The van der Waals surface area contributed by atoms with Gasteiger partial charge in [0.05, 0.1) is 0 Å². The van der Waals surface area contributed by atoms with E-state index in [2.05, 4.69) is 15.9 Å². The molecule has 2 N–H and O–H groups in total. The van der Waals surface area contributed by atoms with Crippen LogP contribution < -0.4 is 5.73 Å². The van der Waals surface area contributed by atoms with Gasteiger partial charge in [-0.25, -0.2) is 0 Å². The lowest BCUT2D eigenvalue weighted by molar-refractivity contribution is 0.0990. The minimum absolute atomic E-state index is 0.0898. The van der Waals surface area contributed by atoms with Gasteiger partial charge in [-0.15, -0.1) is 11.8 Å². The second kappa shape index (κ2) is 5.41. The Morgan fingerprint density at radius 1 is 1.57 bits per heavy atom. The second-order valence-electron chi connectivity index (χ2n) is 2.82. The number of nitrogens with two attached hydrogens (primary N) is 1. The van der Waals surface area contributed by atoms with Crippen LogP contribution in [0.25, 0.3) is 0 Å². The number of thioether (sulfide) groups is 1. The third-order valence-electron chi connectivity index (χ3n) is 1.88. The first-order valence-corrected chi connectivity index (χ1v) is 6.56. The topological polar surface area (TPSA) is 43.1 Å². The van der Waals surface area contributed by atoms with Crippen molar-refractivity contribution in [3.63, 3.8) is 0 Å². The molecule has 0 saturated carbocycles. The summed E-state index contributed by atoms with van der Waals surface area (Å²) >= 11 is 4.85. The van der Waals surface area contributed by atoms with E-state index in [0.717, 1.165) is 4.90 Å². The van der Waals surface area contributed by atoms with Gasteiger partial charge in [0.15, 0.2) is 5.78 Å². The fourth-order valence-corrected chi connectivity index (χ4v) is 1.95. The summed E-state index contributed by atoms with van der Waals surface area (Å²) in [6.45, 7) is 0. The number of carbonyl (C=O) groups excluding carboxylic acids is 1. The molecule has 1 aromatic carbocycles. The molecule has 0 amide bonds. The summed E-state index contributed by atoms with van der Waals surface area (Å²) in [5.74, 6) is 0.0898. The lowest BCUT2D eigenvalue weighted by atomic mass is 10.1. The predicted octanol–water partition coefficient (Wildman–Crippen LogP) is 2.96. The molecule has 1 rings (SSSR count). The van der Waals surface area contributed by atoms with Gasteiger partial charge in [0.1, 0.15) is 0 Å². The first-order chi connectivity index (χ1) is 6.69. The highest BCUT2D eigenvalue weighted by molar-refractivity contribution is 9.09. The van der Waals surface area contributed by atoms with Crippen LogP contribution in [0.3, 0.4) is 0 Å². The highest BCUT2D eigenvalue weighted by atomic mass is 79.9. The summed E-state index contributed by atoms with van der Waals surface area (Å²) in [7, 11) is 0. The van der Waals surface area contributed by atoms with Crippen LogP contribution in [0, 0.1) is 0 Å². The van der Waals surface area contributed by atoms with E-state index in [9.17, 15) is 4.79 Å². The van der Waals surface area contributed by atoms with E-state index in [1.165, 1.54) is 0 Å². The van der Waals surface area contributed by atoms with Crippen LogP contribution in [0.2, 0.25) is 0 Å². The number of carbonyl (C=O) groups is 1. The molecule has 0 aliphatic heterocycles. The quantitative estimate of drug-likeness (QED) is 0.397. The van der Waals surface area contributed by atoms with E-state index < -0.39 is 0 Å². The summed E-state index contributed by atoms with van der Waals surface area (Å²) in [5.41, 5.74) is 6.98. The number of ketones is 1. The molecule has 0 bridgehead atoms. The van der Waals surface area contributed by atoms with Gasteiger partial charge in [0, 0.05) is 27.9 Å². The van der Waals surface area contributed by atoms with Gasteiger partial charge in [-0.2, -0.15) is 0 Å². The van der Waals surface area contributed by atoms with E-state index >= 15 is 0 Å². The Hall–Kier alpha value is -0.480. The van der Waals surface area contributed by atoms with Crippen molar-refractivity contribution in [3.8, 4) is 0 Å². The molecule has 0 heterocycles. The molecular formula is C10H12BrNOS. The number of hydrogen-bond donors (Lipinski definition) is 1. The molecule has 4 heteroatoms. The summed E-state index contributed by atoms with van der Waals surface area (Å²) < 4.78 is 0. The van der Waals surface area contributed by atoms with Crippen molar-refractivity contribution in [1.82, 2.24) is 0 Å². The van der Waals surface area contributed by atoms with Crippen LogP contribution in [0.4, 0.5) is 5.69 Å². The second-order valence-corrected chi connectivity index (χ2v) is 4.49. The highest BCUT2D eigenvalue weighted by Crippen LogP contribution is 2.22. The molecule has 0 saturated heterocycles. The maximum atomic E-state index is 11.5. The largest absolute Gasteiger partial charge is 0.398 e. The van der Waals surface area contributed by atoms with E-state index in [1.807, 2.05) is 18.4 Å². The van der Waals surface area contributed by atoms with Crippen LogP contribution in [0.1, 0.15) is 16.8 Å². The maximum absolute atomic E-state index is 11.5. The lowest BCUT2D eigenvalue weighted by Gasteiger charge is -2.05. The zero-order chi connectivity index (χ0) is 10.6. The summed E-state index contributed by atoms with van der Waals surface area (Å²) in [5, 5.41) is 0.676. The number of nitrogen functional groups attached to an aromatic ring is 1. The molecule has 0 atom stereocenters. The van der Waals surface area contributed by atoms with Crippen LogP contribution >= 0.6 is 27.7 Å². The fraction of sp³-hybridized carbons (Fsp3) is 0.300. The normalized spacial score (nSPS) is 10.1. The van der Waals surface area contributed by atoms with Crippen molar-refractivity contribution in [3.05, 3.63) is 23.8 Å². The molecule has 0 fully saturated rings. The Bertz CT molecular complexity index is 341. The summed E-state index contributed by atoms with van der Waals surface area (Å²) in [4.78, 5) is 12.6. The minimum atomic E-state index is 0.0898. The molecule has 0 radical (unpaired) electrons. The number of Topliss-reactive ketones (excluding diaryl/α,β-unsaturated/α-hetero) is 1. The Morgan fingerprint density at radius 3 is 2.79 bits per heavy atom. The molecule has 0 aliphatic carbocycles. The summed E-state index contributed by atoms with van der Waals surface area (Å²) in [6.07, 6.45) is 2.47. The average Bonchev–Trinajstić information content (AvgIpc) is 2.17. The van der Waals surface area contributed by atoms with Crippen LogP contribution in [-0.2, 0) is 0 Å². The first kappa shape index (κ1) is 11.6. The smallest absolute Gasteiger partial charge is 0.165 e. The van der Waals surface area contributed by atoms with Crippen molar-refractivity contribution in [2.45, 2.75) is 11.3 Å². The SMILES string of the molecule is CSc1ccc(C(=O)CCBr)c(N)c1. The highest BCUT2D eigenvalue weighted by Gasteiger charge is 2.08. The zero-order valence-corrected chi connectivity index (χ0v) is 10.3. The van der Waals surface area contributed by atoms with Crippen molar-refractivity contribution in [1.29, 1.82) is 0 Å². The Balaban J connectivity index is 2.94. The number of hydrogen-bond acceptors (Lipinski definition) is 3. The lowest BCUT2D eigenvalue weighted by Crippen LogP contribution is -2.04. The summed E-state index contributed by atoms with van der Waals surface area (Å²) in [6, 6.07) is 5.56. The van der Waals surface area contributed by atoms with Gasteiger partial charge in [-0.3, -0.25) is 4.79 Å². The molecule has 1 aromatic rings. The predicted molar refractivity (Wildman–Crippen MR) is 65.4 cm³/mol.